The summed E-state index contributed by atoms with van der Waals surface area (Å²) in [6.07, 6.45) is 2.75. The predicted octanol–water partition coefficient (Wildman–Crippen LogP) is 4.61. The fourth-order valence-corrected chi connectivity index (χ4v) is 4.09. The highest BCUT2D eigenvalue weighted by Crippen LogP contribution is 2.41. The molecule has 0 aliphatic carbocycles. The molecule has 2 aliphatic rings. The first-order valence-electron chi connectivity index (χ1n) is 8.57. The second-order valence-corrected chi connectivity index (χ2v) is 7.62. The van der Waals surface area contributed by atoms with Gasteiger partial charge in [-0.15, -0.1) is 0 Å². The van der Waals surface area contributed by atoms with Crippen LogP contribution in [0.3, 0.4) is 0 Å². The molecule has 2 aliphatic heterocycles. The van der Waals surface area contributed by atoms with Crippen LogP contribution in [0, 0.1) is 0 Å². The molecule has 138 valence electrons. The van der Waals surface area contributed by atoms with Crippen molar-refractivity contribution < 1.29 is 19.0 Å². The number of anilines is 1. The van der Waals surface area contributed by atoms with Crippen LogP contribution < -0.4 is 19.1 Å². The Bertz CT molecular complexity index is 941. The van der Waals surface area contributed by atoms with Crippen molar-refractivity contribution >= 4 is 46.0 Å². The minimum Gasteiger partial charge on any atom is -0.493 e. The molecule has 27 heavy (non-hydrogen) atoms. The summed E-state index contributed by atoms with van der Waals surface area (Å²) in [5, 5.41) is 0. The first-order chi connectivity index (χ1) is 13.2. The summed E-state index contributed by atoms with van der Waals surface area (Å²) in [7, 11) is 0. The van der Waals surface area contributed by atoms with E-state index in [0.717, 1.165) is 17.7 Å². The zero-order chi connectivity index (χ0) is 18.8. The molecule has 0 N–H and O–H groups in total. The SMILES string of the molecule is CCCOc1ccccc1/C=C1/SC(=S)N(c2ccc3c(c2)OCO3)C1=O. The maximum absolute atomic E-state index is 13.0. The molecule has 1 saturated heterocycles. The molecule has 5 nitrogen and oxygen atoms in total. The van der Waals surface area contributed by atoms with Gasteiger partial charge in [0.15, 0.2) is 15.8 Å². The van der Waals surface area contributed by atoms with Crippen LogP contribution in [-0.4, -0.2) is 23.6 Å². The highest BCUT2D eigenvalue weighted by Gasteiger charge is 2.34. The van der Waals surface area contributed by atoms with Crippen LogP contribution in [0.2, 0.25) is 0 Å². The van der Waals surface area contributed by atoms with Crippen molar-refractivity contribution in [2.75, 3.05) is 18.3 Å². The lowest BCUT2D eigenvalue weighted by Gasteiger charge is -2.14. The first kappa shape index (κ1) is 17.9. The molecule has 0 bridgehead atoms. The number of hydrogen-bond acceptors (Lipinski definition) is 6. The lowest BCUT2D eigenvalue weighted by Crippen LogP contribution is -2.27. The topological polar surface area (TPSA) is 48.0 Å². The van der Waals surface area contributed by atoms with E-state index in [4.69, 9.17) is 26.4 Å². The Hall–Kier alpha value is -2.51. The molecule has 0 spiro atoms. The molecule has 0 saturated carbocycles. The quantitative estimate of drug-likeness (QED) is 0.541. The van der Waals surface area contributed by atoms with Crippen LogP contribution in [0.4, 0.5) is 5.69 Å². The number of thiocarbonyl (C=S) groups is 1. The van der Waals surface area contributed by atoms with E-state index in [-0.39, 0.29) is 12.7 Å². The van der Waals surface area contributed by atoms with E-state index < -0.39 is 0 Å². The molecular formula is C20H17NO4S2. The minimum atomic E-state index is -0.158. The number of para-hydroxylation sites is 1. The highest BCUT2D eigenvalue weighted by molar-refractivity contribution is 8.27. The Morgan fingerprint density at radius 3 is 2.89 bits per heavy atom. The number of amides is 1. The molecule has 1 fully saturated rings. The molecule has 0 atom stereocenters. The largest absolute Gasteiger partial charge is 0.493 e. The number of ether oxygens (including phenoxy) is 3. The summed E-state index contributed by atoms with van der Waals surface area (Å²) in [6, 6.07) is 13.0. The van der Waals surface area contributed by atoms with E-state index in [1.807, 2.05) is 30.3 Å². The standard InChI is InChI=1S/C20H17NO4S2/c1-2-9-23-15-6-4-3-5-13(15)10-18-19(22)21(20(26)27-18)14-7-8-16-17(11-14)25-12-24-16/h3-8,10-11H,2,9,12H2,1H3/b18-10+. The Kier molecular flexibility index (Phi) is 5.05. The predicted molar refractivity (Wildman–Crippen MR) is 110 cm³/mol. The third-order valence-electron chi connectivity index (χ3n) is 4.08. The van der Waals surface area contributed by atoms with Crippen molar-refractivity contribution in [2.45, 2.75) is 13.3 Å². The number of thioether (sulfide) groups is 1. The van der Waals surface area contributed by atoms with Crippen molar-refractivity contribution in [1.82, 2.24) is 0 Å². The fourth-order valence-electron chi connectivity index (χ4n) is 2.80. The number of carbonyl (C=O) groups excluding carboxylic acids is 1. The normalized spacial score (nSPS) is 17.1. The summed E-state index contributed by atoms with van der Waals surface area (Å²) in [5.74, 6) is 1.88. The third-order valence-corrected chi connectivity index (χ3v) is 5.38. The van der Waals surface area contributed by atoms with Crippen molar-refractivity contribution in [3.05, 3.63) is 52.9 Å². The van der Waals surface area contributed by atoms with Gasteiger partial charge >= 0.3 is 0 Å². The van der Waals surface area contributed by atoms with Crippen molar-refractivity contribution in [2.24, 2.45) is 0 Å². The lowest BCUT2D eigenvalue weighted by atomic mass is 10.2. The van der Waals surface area contributed by atoms with E-state index in [9.17, 15) is 4.79 Å². The first-order valence-corrected chi connectivity index (χ1v) is 9.79. The molecule has 0 aromatic heterocycles. The zero-order valence-electron chi connectivity index (χ0n) is 14.6. The van der Waals surface area contributed by atoms with Gasteiger partial charge in [0, 0.05) is 11.6 Å². The molecule has 2 aromatic rings. The van der Waals surface area contributed by atoms with Crippen molar-refractivity contribution in [3.63, 3.8) is 0 Å². The minimum absolute atomic E-state index is 0.158. The van der Waals surface area contributed by atoms with Gasteiger partial charge in [0.05, 0.1) is 17.2 Å². The Labute approximate surface area is 166 Å². The van der Waals surface area contributed by atoms with E-state index >= 15 is 0 Å². The van der Waals surface area contributed by atoms with Crippen molar-refractivity contribution in [3.8, 4) is 17.2 Å². The molecule has 7 heteroatoms. The number of hydrogen-bond donors (Lipinski definition) is 0. The van der Waals surface area contributed by atoms with Gasteiger partial charge in [-0.05, 0) is 30.7 Å². The smallest absolute Gasteiger partial charge is 0.270 e. The Morgan fingerprint density at radius 2 is 2.04 bits per heavy atom. The highest BCUT2D eigenvalue weighted by atomic mass is 32.2. The fraction of sp³-hybridized carbons (Fsp3) is 0.200. The van der Waals surface area contributed by atoms with E-state index in [1.54, 1.807) is 18.2 Å². The van der Waals surface area contributed by atoms with Crippen LogP contribution in [0.5, 0.6) is 17.2 Å². The van der Waals surface area contributed by atoms with Gasteiger partial charge in [-0.1, -0.05) is 49.1 Å². The lowest BCUT2D eigenvalue weighted by molar-refractivity contribution is -0.113. The molecule has 4 rings (SSSR count). The second kappa shape index (κ2) is 7.62. The summed E-state index contributed by atoms with van der Waals surface area (Å²) >= 11 is 6.73. The number of benzene rings is 2. The number of nitrogens with zero attached hydrogens (tertiary/aromatic N) is 1. The maximum Gasteiger partial charge on any atom is 0.270 e. The average molecular weight is 399 g/mol. The Balaban J connectivity index is 1.63. The second-order valence-electron chi connectivity index (χ2n) is 5.94. The third kappa shape index (κ3) is 3.52. The zero-order valence-corrected chi connectivity index (χ0v) is 16.3. The average Bonchev–Trinajstić information content (AvgIpc) is 3.24. The van der Waals surface area contributed by atoms with Gasteiger partial charge < -0.3 is 14.2 Å². The number of rotatable bonds is 5. The van der Waals surface area contributed by atoms with Crippen LogP contribution in [0.15, 0.2) is 47.4 Å². The summed E-state index contributed by atoms with van der Waals surface area (Å²) in [6.45, 7) is 2.87. The van der Waals surface area contributed by atoms with Crippen molar-refractivity contribution in [1.29, 1.82) is 0 Å². The van der Waals surface area contributed by atoms with Crippen LogP contribution in [0.25, 0.3) is 6.08 Å². The summed E-state index contributed by atoms with van der Waals surface area (Å²) in [5.41, 5.74) is 1.53. The van der Waals surface area contributed by atoms with E-state index in [1.165, 1.54) is 16.7 Å². The summed E-state index contributed by atoms with van der Waals surface area (Å²) < 4.78 is 17.0. The van der Waals surface area contributed by atoms with Crippen LogP contribution in [0.1, 0.15) is 18.9 Å². The molecular weight excluding hydrogens is 382 g/mol. The molecule has 1 amide bonds. The van der Waals surface area contributed by atoms with Gasteiger partial charge in [-0.2, -0.15) is 0 Å². The molecule has 2 heterocycles. The Morgan fingerprint density at radius 1 is 1.22 bits per heavy atom. The van der Waals surface area contributed by atoms with Gasteiger partial charge in [0.2, 0.25) is 6.79 Å². The molecule has 0 radical (unpaired) electrons. The summed E-state index contributed by atoms with van der Waals surface area (Å²) in [4.78, 5) is 15.1. The number of fused-ring (bicyclic) bond motifs is 1. The van der Waals surface area contributed by atoms with Crippen LogP contribution >= 0.6 is 24.0 Å². The monoisotopic (exact) mass is 399 g/mol. The molecule has 0 unspecified atom stereocenters. The van der Waals surface area contributed by atoms with E-state index in [0.29, 0.717) is 33.0 Å². The van der Waals surface area contributed by atoms with Crippen LogP contribution in [-0.2, 0) is 4.79 Å². The van der Waals surface area contributed by atoms with E-state index in [2.05, 4.69) is 6.92 Å². The maximum atomic E-state index is 13.0. The van der Waals surface area contributed by atoms with Gasteiger partial charge in [0.1, 0.15) is 5.75 Å². The number of carbonyl (C=O) groups is 1. The van der Waals surface area contributed by atoms with Gasteiger partial charge in [0.25, 0.3) is 5.91 Å². The van der Waals surface area contributed by atoms with Gasteiger partial charge in [-0.25, -0.2) is 0 Å². The van der Waals surface area contributed by atoms with Gasteiger partial charge in [-0.3, -0.25) is 9.69 Å². The molecule has 2 aromatic carbocycles.